The van der Waals surface area contributed by atoms with Crippen LogP contribution in [-0.2, 0) is 4.74 Å². The Morgan fingerprint density at radius 1 is 1.21 bits per heavy atom. The molecule has 0 saturated carbocycles. The topological polar surface area (TPSA) is 29.5 Å². The highest BCUT2D eigenvalue weighted by Gasteiger charge is 2.11. The summed E-state index contributed by atoms with van der Waals surface area (Å²) in [5.41, 5.74) is 0.702. The van der Waals surface area contributed by atoms with Crippen LogP contribution < -0.4 is 0 Å². The second kappa shape index (κ2) is 6.17. The summed E-state index contributed by atoms with van der Waals surface area (Å²) < 4.78 is 6.02. The van der Waals surface area contributed by atoms with Crippen LogP contribution in [0.3, 0.4) is 0 Å². The zero-order valence-electron chi connectivity index (χ0n) is 11.0. The molecule has 0 aromatic heterocycles. The number of carbonyl (C=O) groups excluding carboxylic acids is 1. The van der Waals surface area contributed by atoms with Crippen LogP contribution in [-0.4, -0.2) is 38.1 Å². The maximum absolute atomic E-state index is 12.2. The van der Waals surface area contributed by atoms with Gasteiger partial charge in [0.15, 0.2) is 0 Å². The van der Waals surface area contributed by atoms with Crippen molar-refractivity contribution in [1.29, 1.82) is 0 Å². The van der Waals surface area contributed by atoms with Gasteiger partial charge in [-0.25, -0.2) is 0 Å². The van der Waals surface area contributed by atoms with Gasteiger partial charge in [0.05, 0.1) is 6.61 Å². The molecule has 3 nitrogen and oxygen atoms in total. The Kier molecular flexibility index (Phi) is 4.56. The normalized spacial score (nSPS) is 10.7. The maximum atomic E-state index is 12.2. The summed E-state index contributed by atoms with van der Waals surface area (Å²) in [5, 5.41) is 2.18. The third kappa shape index (κ3) is 3.33. The molecule has 0 fully saturated rings. The molecule has 4 heteroatoms. The summed E-state index contributed by atoms with van der Waals surface area (Å²) in [4.78, 5) is 13.9. The fraction of sp³-hybridized carbons (Fsp3) is 0.267. The van der Waals surface area contributed by atoms with E-state index in [4.69, 9.17) is 4.74 Å². The van der Waals surface area contributed by atoms with E-state index in [1.807, 2.05) is 36.4 Å². The van der Waals surface area contributed by atoms with Crippen molar-refractivity contribution in [1.82, 2.24) is 4.90 Å². The molecule has 100 valence electrons. The van der Waals surface area contributed by atoms with E-state index in [2.05, 4.69) is 15.9 Å². The van der Waals surface area contributed by atoms with Crippen LogP contribution in [0, 0.1) is 0 Å². The lowest BCUT2D eigenvalue weighted by atomic mass is 10.1. The highest BCUT2D eigenvalue weighted by atomic mass is 79.9. The highest BCUT2D eigenvalue weighted by Crippen LogP contribution is 2.21. The number of carbonyl (C=O) groups is 1. The Bertz CT molecular complexity index is 598. The zero-order chi connectivity index (χ0) is 13.8. The monoisotopic (exact) mass is 321 g/mol. The van der Waals surface area contributed by atoms with Gasteiger partial charge in [0.2, 0.25) is 0 Å². The van der Waals surface area contributed by atoms with Gasteiger partial charge in [0, 0.05) is 30.7 Å². The van der Waals surface area contributed by atoms with E-state index in [0.29, 0.717) is 18.7 Å². The van der Waals surface area contributed by atoms with Gasteiger partial charge >= 0.3 is 0 Å². The molecule has 0 N–H and O–H groups in total. The van der Waals surface area contributed by atoms with Crippen LogP contribution in [0.5, 0.6) is 0 Å². The molecule has 0 bridgehead atoms. The van der Waals surface area contributed by atoms with E-state index in [1.54, 1.807) is 19.1 Å². The van der Waals surface area contributed by atoms with E-state index in [9.17, 15) is 4.79 Å². The van der Waals surface area contributed by atoms with Crippen molar-refractivity contribution in [3.63, 3.8) is 0 Å². The van der Waals surface area contributed by atoms with Crippen LogP contribution in [0.15, 0.2) is 40.9 Å². The molecule has 1 amide bonds. The second-order valence-corrected chi connectivity index (χ2v) is 5.34. The Morgan fingerprint density at radius 2 is 1.89 bits per heavy atom. The first-order valence-corrected chi connectivity index (χ1v) is 6.85. The molecule has 2 rings (SSSR count). The largest absolute Gasteiger partial charge is 0.383 e. The molecule has 0 radical (unpaired) electrons. The van der Waals surface area contributed by atoms with Crippen molar-refractivity contribution >= 4 is 32.6 Å². The number of halogens is 1. The van der Waals surface area contributed by atoms with Gasteiger partial charge in [-0.15, -0.1) is 0 Å². The minimum atomic E-state index is 0.0156. The van der Waals surface area contributed by atoms with Gasteiger partial charge in [0.25, 0.3) is 5.91 Å². The molecule has 2 aromatic rings. The third-order valence-electron chi connectivity index (χ3n) is 3.03. The van der Waals surface area contributed by atoms with E-state index in [-0.39, 0.29) is 5.91 Å². The van der Waals surface area contributed by atoms with Crippen LogP contribution >= 0.6 is 15.9 Å². The number of likely N-dealkylation sites (N-methyl/N-ethyl adjacent to an activating group) is 1. The Hall–Kier alpha value is -1.39. The molecule has 0 aliphatic carbocycles. The smallest absolute Gasteiger partial charge is 0.253 e. The van der Waals surface area contributed by atoms with Gasteiger partial charge in [0.1, 0.15) is 0 Å². The van der Waals surface area contributed by atoms with Gasteiger partial charge < -0.3 is 9.64 Å². The summed E-state index contributed by atoms with van der Waals surface area (Å²) in [6.45, 7) is 1.14. The molecule has 0 unspecified atom stereocenters. The maximum Gasteiger partial charge on any atom is 0.253 e. The first-order valence-electron chi connectivity index (χ1n) is 6.05. The van der Waals surface area contributed by atoms with Crippen LogP contribution in [0.4, 0.5) is 0 Å². The van der Waals surface area contributed by atoms with Crippen molar-refractivity contribution in [2.45, 2.75) is 0 Å². The van der Waals surface area contributed by atoms with E-state index in [1.165, 1.54) is 0 Å². The molecule has 0 spiro atoms. The molecule has 2 aromatic carbocycles. The zero-order valence-corrected chi connectivity index (χ0v) is 12.6. The number of rotatable bonds is 4. The number of benzene rings is 2. The summed E-state index contributed by atoms with van der Waals surface area (Å²) in [7, 11) is 3.42. The first-order chi connectivity index (χ1) is 9.11. The number of methoxy groups -OCH3 is 1. The molecule has 0 saturated heterocycles. The second-order valence-electron chi connectivity index (χ2n) is 4.43. The average molecular weight is 322 g/mol. The Morgan fingerprint density at radius 3 is 2.63 bits per heavy atom. The lowest BCUT2D eigenvalue weighted by Gasteiger charge is -2.16. The molecular weight excluding hydrogens is 306 g/mol. The predicted molar refractivity (Wildman–Crippen MR) is 80.5 cm³/mol. The fourth-order valence-corrected chi connectivity index (χ4v) is 2.28. The summed E-state index contributed by atoms with van der Waals surface area (Å²) in [6.07, 6.45) is 0. The summed E-state index contributed by atoms with van der Waals surface area (Å²) >= 11 is 3.44. The fourth-order valence-electron chi connectivity index (χ4n) is 1.90. The minimum absolute atomic E-state index is 0.0156. The van der Waals surface area contributed by atoms with Crippen molar-refractivity contribution in [3.05, 3.63) is 46.4 Å². The molecule has 0 aliphatic heterocycles. The Balaban J connectivity index is 2.25. The number of fused-ring (bicyclic) bond motifs is 1. The molecule has 19 heavy (non-hydrogen) atoms. The molecular formula is C15H16BrNO2. The van der Waals surface area contributed by atoms with Crippen molar-refractivity contribution in [3.8, 4) is 0 Å². The Labute approximate surface area is 121 Å². The highest BCUT2D eigenvalue weighted by molar-refractivity contribution is 9.10. The van der Waals surface area contributed by atoms with E-state index in [0.717, 1.165) is 15.2 Å². The standard InChI is InChI=1S/C15H16BrNO2/c1-17(7-8-19-2)15(18)13-4-3-12-10-14(16)6-5-11(12)9-13/h3-6,9-10H,7-8H2,1-2H3. The number of nitrogens with zero attached hydrogens (tertiary/aromatic N) is 1. The average Bonchev–Trinajstić information content (AvgIpc) is 2.43. The van der Waals surface area contributed by atoms with Crippen molar-refractivity contribution in [2.24, 2.45) is 0 Å². The van der Waals surface area contributed by atoms with E-state index < -0.39 is 0 Å². The van der Waals surface area contributed by atoms with Gasteiger partial charge in [-0.05, 0) is 35.0 Å². The summed E-state index contributed by atoms with van der Waals surface area (Å²) in [6, 6.07) is 11.8. The molecule has 0 atom stereocenters. The van der Waals surface area contributed by atoms with Crippen LogP contribution in [0.2, 0.25) is 0 Å². The van der Waals surface area contributed by atoms with Crippen molar-refractivity contribution < 1.29 is 9.53 Å². The van der Waals surface area contributed by atoms with Crippen LogP contribution in [0.1, 0.15) is 10.4 Å². The van der Waals surface area contributed by atoms with Crippen molar-refractivity contribution in [2.75, 3.05) is 27.3 Å². The first kappa shape index (κ1) is 14.0. The van der Waals surface area contributed by atoms with Gasteiger partial charge in [-0.1, -0.05) is 28.1 Å². The van der Waals surface area contributed by atoms with Crippen LogP contribution in [0.25, 0.3) is 10.8 Å². The number of ether oxygens (including phenoxy) is 1. The van der Waals surface area contributed by atoms with Gasteiger partial charge in [-0.2, -0.15) is 0 Å². The number of hydrogen-bond donors (Lipinski definition) is 0. The third-order valence-corrected chi connectivity index (χ3v) is 3.52. The SMILES string of the molecule is COCCN(C)C(=O)c1ccc2cc(Br)ccc2c1. The molecule has 0 aliphatic rings. The van der Waals surface area contributed by atoms with E-state index >= 15 is 0 Å². The lowest BCUT2D eigenvalue weighted by molar-refractivity contribution is 0.0744. The predicted octanol–water partition coefficient (Wildman–Crippen LogP) is 3.32. The summed E-state index contributed by atoms with van der Waals surface area (Å²) in [5.74, 6) is 0.0156. The number of amides is 1. The number of hydrogen-bond acceptors (Lipinski definition) is 2. The molecule has 0 heterocycles. The quantitative estimate of drug-likeness (QED) is 0.864. The van der Waals surface area contributed by atoms with Gasteiger partial charge in [-0.3, -0.25) is 4.79 Å². The minimum Gasteiger partial charge on any atom is -0.383 e. The lowest BCUT2D eigenvalue weighted by Crippen LogP contribution is -2.29.